The second kappa shape index (κ2) is 5.85. The van der Waals surface area contributed by atoms with Crippen molar-refractivity contribution in [3.05, 3.63) is 33.9 Å². The van der Waals surface area contributed by atoms with Crippen LogP contribution in [0.5, 0.6) is 0 Å². The van der Waals surface area contributed by atoms with E-state index in [0.29, 0.717) is 18.8 Å². The van der Waals surface area contributed by atoms with E-state index in [4.69, 9.17) is 10.5 Å². The maximum Gasteiger partial charge on any atom is 0.293 e. The molecule has 0 saturated carbocycles. The molecule has 1 aliphatic heterocycles. The monoisotopic (exact) mass is 280 g/mol. The Bertz CT molecular complexity index is 534. The zero-order valence-electron chi connectivity index (χ0n) is 11.0. The number of anilines is 1. The molecule has 0 radical (unpaired) electrons. The number of nitrogens with zero attached hydrogens (tertiary/aromatic N) is 1. The topological polar surface area (TPSA) is 120 Å². The van der Waals surface area contributed by atoms with Gasteiger partial charge in [-0.3, -0.25) is 14.9 Å². The van der Waals surface area contributed by atoms with Gasteiger partial charge in [-0.2, -0.15) is 0 Å². The Morgan fingerprint density at radius 3 is 2.90 bits per heavy atom. The van der Waals surface area contributed by atoms with Crippen molar-refractivity contribution < 1.29 is 14.5 Å². The SMILES string of the molecule is CO[C@H]1CNCC1Nc1ccc(C(N)=O)cc1[N+](=O)[O-]. The molecule has 1 unspecified atom stereocenters. The molecule has 1 fully saturated rings. The summed E-state index contributed by atoms with van der Waals surface area (Å²) in [5, 5.41) is 17.3. The molecule has 0 aliphatic carbocycles. The van der Waals surface area contributed by atoms with Crippen LogP contribution in [-0.2, 0) is 4.74 Å². The summed E-state index contributed by atoms with van der Waals surface area (Å²) in [4.78, 5) is 21.6. The highest BCUT2D eigenvalue weighted by Gasteiger charge is 2.28. The van der Waals surface area contributed by atoms with E-state index in [0.717, 1.165) is 0 Å². The zero-order chi connectivity index (χ0) is 14.7. The highest BCUT2D eigenvalue weighted by Crippen LogP contribution is 2.27. The maximum atomic E-state index is 11.1. The van der Waals surface area contributed by atoms with Gasteiger partial charge in [0.05, 0.1) is 17.1 Å². The van der Waals surface area contributed by atoms with Crippen molar-refractivity contribution in [3.8, 4) is 0 Å². The van der Waals surface area contributed by atoms with Crippen molar-refractivity contribution >= 4 is 17.3 Å². The van der Waals surface area contributed by atoms with Gasteiger partial charge >= 0.3 is 0 Å². The van der Waals surface area contributed by atoms with E-state index in [1.807, 2.05) is 0 Å². The average Bonchev–Trinajstić information content (AvgIpc) is 2.85. The largest absolute Gasteiger partial charge is 0.378 e. The summed E-state index contributed by atoms with van der Waals surface area (Å²) >= 11 is 0. The Morgan fingerprint density at radius 1 is 1.55 bits per heavy atom. The first-order valence-electron chi connectivity index (χ1n) is 6.11. The number of nitro groups is 1. The maximum absolute atomic E-state index is 11.1. The lowest BCUT2D eigenvalue weighted by molar-refractivity contribution is -0.384. The summed E-state index contributed by atoms with van der Waals surface area (Å²) in [6.07, 6.45) is -0.0644. The van der Waals surface area contributed by atoms with Crippen LogP contribution in [-0.4, -0.2) is 43.2 Å². The van der Waals surface area contributed by atoms with E-state index in [9.17, 15) is 14.9 Å². The van der Waals surface area contributed by atoms with Crippen LogP contribution in [0, 0.1) is 10.1 Å². The lowest BCUT2D eigenvalue weighted by Gasteiger charge is -2.19. The van der Waals surface area contributed by atoms with Gasteiger partial charge in [0, 0.05) is 31.8 Å². The van der Waals surface area contributed by atoms with Crippen molar-refractivity contribution in [1.29, 1.82) is 0 Å². The summed E-state index contributed by atoms with van der Waals surface area (Å²) in [7, 11) is 1.59. The standard InChI is InChI=1S/C12H16N4O4/c1-20-11-6-14-5-9(11)15-8-3-2-7(12(13)17)4-10(8)16(18)19/h2-4,9,11,14-15H,5-6H2,1H3,(H2,13,17)/t9?,11-/m0/s1. The number of hydrogen-bond acceptors (Lipinski definition) is 6. The molecule has 2 atom stereocenters. The minimum atomic E-state index is -0.697. The number of carbonyl (C=O) groups is 1. The molecule has 1 heterocycles. The molecule has 8 nitrogen and oxygen atoms in total. The fraction of sp³-hybridized carbons (Fsp3) is 0.417. The van der Waals surface area contributed by atoms with Gasteiger partial charge in [-0.25, -0.2) is 0 Å². The molecule has 0 spiro atoms. The van der Waals surface area contributed by atoms with E-state index in [1.165, 1.54) is 18.2 Å². The normalized spacial score (nSPS) is 21.6. The van der Waals surface area contributed by atoms with Gasteiger partial charge in [0.25, 0.3) is 5.69 Å². The second-order valence-electron chi connectivity index (χ2n) is 4.54. The van der Waals surface area contributed by atoms with Crippen LogP contribution in [0.15, 0.2) is 18.2 Å². The number of benzene rings is 1. The van der Waals surface area contributed by atoms with Gasteiger partial charge in [-0.05, 0) is 12.1 Å². The molecule has 4 N–H and O–H groups in total. The number of carbonyl (C=O) groups excluding carboxylic acids is 1. The zero-order valence-corrected chi connectivity index (χ0v) is 11.0. The Balaban J connectivity index is 2.27. The summed E-state index contributed by atoms with van der Waals surface area (Å²) in [5.74, 6) is -0.697. The minimum absolute atomic E-state index is 0.0644. The van der Waals surface area contributed by atoms with Crippen molar-refractivity contribution in [2.45, 2.75) is 12.1 Å². The average molecular weight is 280 g/mol. The molecule has 8 heteroatoms. The van der Waals surface area contributed by atoms with Gasteiger partial charge in [0.1, 0.15) is 5.69 Å². The molecule has 0 bridgehead atoms. The smallest absolute Gasteiger partial charge is 0.293 e. The van der Waals surface area contributed by atoms with E-state index < -0.39 is 10.8 Å². The summed E-state index contributed by atoms with van der Waals surface area (Å²) in [5.41, 5.74) is 5.40. The van der Waals surface area contributed by atoms with Gasteiger partial charge in [0.15, 0.2) is 0 Å². The van der Waals surface area contributed by atoms with Crippen LogP contribution in [0.3, 0.4) is 0 Å². The molecule has 20 heavy (non-hydrogen) atoms. The molecule has 1 aromatic carbocycles. The number of methoxy groups -OCH3 is 1. The predicted octanol–water partition coefficient (Wildman–Crippen LogP) is 0.0924. The molecular weight excluding hydrogens is 264 g/mol. The highest BCUT2D eigenvalue weighted by molar-refractivity contribution is 5.94. The third-order valence-corrected chi connectivity index (χ3v) is 3.28. The summed E-state index contributed by atoms with van der Waals surface area (Å²) in [6, 6.07) is 4.05. The quantitative estimate of drug-likeness (QED) is 0.519. The molecule has 2 rings (SSSR count). The number of hydrogen-bond donors (Lipinski definition) is 3. The van der Waals surface area contributed by atoms with E-state index in [2.05, 4.69) is 10.6 Å². The van der Waals surface area contributed by atoms with Crippen molar-refractivity contribution in [3.63, 3.8) is 0 Å². The molecule has 1 aromatic rings. The number of amides is 1. The Hall–Kier alpha value is -2.19. The van der Waals surface area contributed by atoms with Crippen LogP contribution in [0.2, 0.25) is 0 Å². The van der Waals surface area contributed by atoms with E-state index in [-0.39, 0.29) is 23.4 Å². The number of nitro benzene ring substituents is 1. The number of nitrogens with one attached hydrogen (secondary N) is 2. The first-order chi connectivity index (χ1) is 9.52. The van der Waals surface area contributed by atoms with Crippen LogP contribution < -0.4 is 16.4 Å². The van der Waals surface area contributed by atoms with Gasteiger partial charge < -0.3 is 21.1 Å². The number of ether oxygens (including phenoxy) is 1. The third-order valence-electron chi connectivity index (χ3n) is 3.28. The van der Waals surface area contributed by atoms with E-state index >= 15 is 0 Å². The molecule has 0 aromatic heterocycles. The van der Waals surface area contributed by atoms with Gasteiger partial charge in [0.2, 0.25) is 5.91 Å². The predicted molar refractivity (Wildman–Crippen MR) is 72.7 cm³/mol. The molecule has 1 aliphatic rings. The van der Waals surface area contributed by atoms with Crippen molar-refractivity contribution in [1.82, 2.24) is 5.32 Å². The highest BCUT2D eigenvalue weighted by atomic mass is 16.6. The second-order valence-corrected chi connectivity index (χ2v) is 4.54. The Morgan fingerprint density at radius 2 is 2.30 bits per heavy atom. The Kier molecular flexibility index (Phi) is 4.16. The van der Waals surface area contributed by atoms with Crippen LogP contribution in [0.25, 0.3) is 0 Å². The van der Waals surface area contributed by atoms with Gasteiger partial charge in [-0.15, -0.1) is 0 Å². The molecule has 1 saturated heterocycles. The molecule has 1 amide bonds. The van der Waals surface area contributed by atoms with E-state index in [1.54, 1.807) is 7.11 Å². The fourth-order valence-corrected chi connectivity index (χ4v) is 2.20. The van der Waals surface area contributed by atoms with Crippen LogP contribution in [0.4, 0.5) is 11.4 Å². The van der Waals surface area contributed by atoms with Gasteiger partial charge in [-0.1, -0.05) is 0 Å². The number of primary amides is 1. The number of nitrogens with two attached hydrogens (primary N) is 1. The number of rotatable bonds is 5. The van der Waals surface area contributed by atoms with Crippen molar-refractivity contribution in [2.24, 2.45) is 5.73 Å². The minimum Gasteiger partial charge on any atom is -0.378 e. The first-order valence-corrected chi connectivity index (χ1v) is 6.11. The first kappa shape index (κ1) is 14.2. The third kappa shape index (κ3) is 2.86. The lowest BCUT2D eigenvalue weighted by Crippen LogP contribution is -2.33. The summed E-state index contributed by atoms with van der Waals surface area (Å²) in [6.45, 7) is 1.33. The van der Waals surface area contributed by atoms with Crippen molar-refractivity contribution in [2.75, 3.05) is 25.5 Å². The van der Waals surface area contributed by atoms with Crippen LogP contribution >= 0.6 is 0 Å². The molecule has 108 valence electrons. The Labute approximate surface area is 115 Å². The lowest BCUT2D eigenvalue weighted by atomic mass is 10.1. The molecular formula is C12H16N4O4. The summed E-state index contributed by atoms with van der Waals surface area (Å²) < 4.78 is 5.29. The van der Waals surface area contributed by atoms with Crippen LogP contribution in [0.1, 0.15) is 10.4 Å². The fourth-order valence-electron chi connectivity index (χ4n) is 2.20.